The van der Waals surface area contributed by atoms with E-state index in [0.717, 1.165) is 6.42 Å². The molecule has 0 aromatic heterocycles. The molecule has 0 N–H and O–H groups in total. The molecule has 2 aromatic carbocycles. The normalized spacial score (nSPS) is 9.81. The predicted molar refractivity (Wildman–Crippen MR) is 57.0 cm³/mol. The molecule has 2 aromatic rings. The van der Waals surface area contributed by atoms with Gasteiger partial charge in [-0.3, -0.25) is 0 Å². The molecule has 0 spiro atoms. The second-order valence-corrected chi connectivity index (χ2v) is 4.57. The fraction of sp³-hybridized carbons (Fsp3) is 0.250. The van der Waals surface area contributed by atoms with Crippen LogP contribution in [0.3, 0.4) is 0 Å². The molecule has 0 unspecified atom stereocenters. The van der Waals surface area contributed by atoms with Gasteiger partial charge in [-0.05, 0) is 6.42 Å². The number of fused-ring (bicyclic) bond motifs is 1. The molecule has 0 saturated heterocycles. The topological polar surface area (TPSA) is 0 Å². The minimum absolute atomic E-state index is 1.13. The van der Waals surface area contributed by atoms with Crippen LogP contribution in [-0.4, -0.2) is 0 Å². The molecule has 0 aliphatic heterocycles. The summed E-state index contributed by atoms with van der Waals surface area (Å²) < 4.78 is 29.6. The van der Waals surface area contributed by atoms with E-state index in [9.17, 15) is 7.88 Å². The number of benzene rings is 1. The van der Waals surface area contributed by atoms with Crippen LogP contribution < -0.4 is 0 Å². The Morgan fingerprint density at radius 3 is 2.44 bits per heavy atom. The molecule has 0 amide bonds. The predicted octanol–water partition coefficient (Wildman–Crippen LogP) is 4.69. The van der Waals surface area contributed by atoms with E-state index in [1.807, 2.05) is 0 Å². The first-order chi connectivity index (χ1) is 7.54. The van der Waals surface area contributed by atoms with Crippen molar-refractivity contribution in [1.29, 1.82) is 0 Å². The molecule has 0 nitrogen and oxygen atoms in total. The molecule has 87 valence electrons. The average molecular weight is 305 g/mol. The van der Waals surface area contributed by atoms with Gasteiger partial charge < -0.3 is 0 Å². The van der Waals surface area contributed by atoms with E-state index >= 15 is 0 Å². The maximum atomic E-state index is 9.86. The summed E-state index contributed by atoms with van der Waals surface area (Å²) in [4.78, 5) is 0. The fourth-order valence-electron chi connectivity index (χ4n) is 1.76. The molecule has 2 rings (SSSR count). The third-order valence-electron chi connectivity index (χ3n) is 2.37. The van der Waals surface area contributed by atoms with Crippen LogP contribution in [0.2, 0.25) is 0 Å². The van der Waals surface area contributed by atoms with Gasteiger partial charge in [0.25, 0.3) is 0 Å². The van der Waals surface area contributed by atoms with E-state index in [1.54, 1.807) is 0 Å². The van der Waals surface area contributed by atoms with Gasteiger partial charge in [0.05, 0.1) is 0 Å². The first kappa shape index (κ1) is 13.6. The second kappa shape index (κ2) is 6.29. The summed E-state index contributed by atoms with van der Waals surface area (Å²) in [5.41, 5.74) is 2.83. The molecule has 0 fully saturated rings. The van der Waals surface area contributed by atoms with Crippen LogP contribution in [0.4, 0.5) is 7.88 Å². The summed E-state index contributed by atoms with van der Waals surface area (Å²) in [5, 5.41) is 2.81. The number of hydrogen-bond donors (Lipinski definition) is 0. The molecule has 0 aliphatic carbocycles. The van der Waals surface area contributed by atoms with Crippen LogP contribution in [0.15, 0.2) is 30.3 Å². The zero-order valence-electron chi connectivity index (χ0n) is 9.23. The van der Waals surface area contributed by atoms with Gasteiger partial charge in [0, 0.05) is 0 Å². The summed E-state index contributed by atoms with van der Waals surface area (Å²) in [6, 6.07) is 11.0. The summed E-state index contributed by atoms with van der Waals surface area (Å²) in [7, 11) is 0. The van der Waals surface area contributed by atoms with Crippen molar-refractivity contribution in [3.63, 3.8) is 0 Å². The Bertz CT molecular complexity index is 446. The monoisotopic (exact) mass is 304 g/mol. The van der Waals surface area contributed by atoms with E-state index in [2.05, 4.69) is 44.2 Å². The van der Waals surface area contributed by atoms with Gasteiger partial charge in [0.1, 0.15) is 0 Å². The zero-order valence-corrected chi connectivity index (χ0v) is 11.7. The van der Waals surface area contributed by atoms with E-state index in [1.165, 1.54) is 21.9 Å². The second-order valence-electron chi connectivity index (χ2n) is 3.52. The van der Waals surface area contributed by atoms with Crippen LogP contribution in [0.5, 0.6) is 0 Å². The van der Waals surface area contributed by atoms with Crippen molar-refractivity contribution in [2.45, 2.75) is 20.3 Å². The van der Waals surface area contributed by atoms with Crippen molar-refractivity contribution < 1.29 is 31.5 Å². The molecule has 16 heavy (non-hydrogen) atoms. The van der Waals surface area contributed by atoms with Crippen LogP contribution in [-0.2, 0) is 30.0 Å². The standard InChI is InChI=1S/C12H13.3FH.Zr/c1-3-10-5-4-6-11-7-9(2)8-12(10)11;;;;/h4-8H,3H2,1-2H3;3*1H;/q-1;;;;+3/p-3. The Kier molecular flexibility index (Phi) is 5.33. The first-order valence-electron chi connectivity index (χ1n) is 5.03. The average Bonchev–Trinajstić information content (AvgIpc) is 2.56. The van der Waals surface area contributed by atoms with Crippen molar-refractivity contribution >= 4 is 10.8 Å². The maximum absolute atomic E-state index is 9.86. The van der Waals surface area contributed by atoms with Crippen LogP contribution >= 0.6 is 0 Å². The Morgan fingerprint density at radius 2 is 1.88 bits per heavy atom. The minimum atomic E-state index is -5.04. The summed E-state index contributed by atoms with van der Waals surface area (Å²) in [5.74, 6) is 0. The van der Waals surface area contributed by atoms with Crippen LogP contribution in [0.1, 0.15) is 18.1 Å². The quantitative estimate of drug-likeness (QED) is 0.671. The Labute approximate surface area is 104 Å². The zero-order chi connectivity index (χ0) is 12.1. The van der Waals surface area contributed by atoms with E-state index in [-0.39, 0.29) is 0 Å². The van der Waals surface area contributed by atoms with E-state index < -0.39 is 23.6 Å². The van der Waals surface area contributed by atoms with E-state index in [0.29, 0.717) is 0 Å². The molecule has 0 radical (unpaired) electrons. The summed E-state index contributed by atoms with van der Waals surface area (Å²) in [6.07, 6.45) is 1.13. The molecule has 0 atom stereocenters. The molecular weight excluding hydrogens is 292 g/mol. The van der Waals surface area contributed by atoms with Gasteiger partial charge in [-0.15, -0.1) is 34.5 Å². The molecule has 4 heteroatoms. The Balaban J connectivity index is 0.000000280. The van der Waals surface area contributed by atoms with Gasteiger partial charge in [0.2, 0.25) is 0 Å². The van der Waals surface area contributed by atoms with Crippen molar-refractivity contribution in [3.8, 4) is 0 Å². The number of aryl methyl sites for hydroxylation is 2. The number of hydrogen-bond acceptors (Lipinski definition) is 0. The van der Waals surface area contributed by atoms with Crippen molar-refractivity contribution in [2.75, 3.05) is 0 Å². The first-order valence-corrected chi connectivity index (χ1v) is 7.81. The number of halogens is 3. The molecule has 0 heterocycles. The van der Waals surface area contributed by atoms with Crippen molar-refractivity contribution in [1.82, 2.24) is 0 Å². The molecular formula is C12H13F3Zr-. The molecule has 0 aliphatic rings. The molecule has 0 bridgehead atoms. The van der Waals surface area contributed by atoms with Crippen molar-refractivity contribution in [2.24, 2.45) is 0 Å². The van der Waals surface area contributed by atoms with E-state index in [4.69, 9.17) is 0 Å². The summed E-state index contributed by atoms with van der Waals surface area (Å²) in [6.45, 7) is 4.36. The van der Waals surface area contributed by atoms with Gasteiger partial charge >= 0.3 is 31.5 Å². The van der Waals surface area contributed by atoms with Crippen LogP contribution in [0.25, 0.3) is 10.8 Å². The number of rotatable bonds is 1. The molecule has 0 saturated carbocycles. The Morgan fingerprint density at radius 1 is 1.25 bits per heavy atom. The van der Waals surface area contributed by atoms with Crippen LogP contribution in [0, 0.1) is 6.92 Å². The fourth-order valence-corrected chi connectivity index (χ4v) is 1.76. The van der Waals surface area contributed by atoms with Gasteiger partial charge in [-0.25, -0.2) is 0 Å². The SMILES string of the molecule is CCc1cccc2[cH-]c(C)cc12.[F][Zr]([F])[F]. The van der Waals surface area contributed by atoms with Gasteiger partial charge in [0.15, 0.2) is 0 Å². The van der Waals surface area contributed by atoms with Gasteiger partial charge in [-0.2, -0.15) is 6.07 Å². The third kappa shape index (κ3) is 3.82. The van der Waals surface area contributed by atoms with Gasteiger partial charge in [-0.1, -0.05) is 25.5 Å². The summed E-state index contributed by atoms with van der Waals surface area (Å²) >= 11 is -5.04. The third-order valence-corrected chi connectivity index (χ3v) is 2.37. The Hall–Kier alpha value is -0.497. The van der Waals surface area contributed by atoms with Crippen molar-refractivity contribution in [3.05, 3.63) is 41.5 Å².